The van der Waals surface area contributed by atoms with Crippen molar-refractivity contribution in [3.63, 3.8) is 0 Å². The van der Waals surface area contributed by atoms with Crippen LogP contribution in [0.1, 0.15) is 19.3 Å². The van der Waals surface area contributed by atoms with Crippen LogP contribution in [-0.2, 0) is 0 Å². The van der Waals surface area contributed by atoms with E-state index in [4.69, 9.17) is 0 Å². The Morgan fingerprint density at radius 3 is 3.16 bits per heavy atom. The van der Waals surface area contributed by atoms with Gasteiger partial charge in [-0.3, -0.25) is 0 Å². The van der Waals surface area contributed by atoms with Crippen LogP contribution in [0.3, 0.4) is 0 Å². The molecule has 1 atom stereocenters. The van der Waals surface area contributed by atoms with E-state index < -0.39 is 0 Å². The standard InChI is InChI=1S/C15H20N4/c1-3-14(18-13-4-2-7-16-8-6-13)11-15(5-1)19-10-9-17-12-19/h1,3,5,9-13,16,18H,2,4,6-8H2. The second-order valence-electron chi connectivity index (χ2n) is 5.04. The molecule has 1 aromatic heterocycles. The Kier molecular flexibility index (Phi) is 3.79. The van der Waals surface area contributed by atoms with Crippen molar-refractivity contribution in [3.05, 3.63) is 43.0 Å². The molecule has 1 aliphatic heterocycles. The normalized spacial score (nSPS) is 19.9. The van der Waals surface area contributed by atoms with Gasteiger partial charge in [0.1, 0.15) is 0 Å². The van der Waals surface area contributed by atoms with E-state index in [0.717, 1.165) is 18.8 Å². The molecule has 1 saturated heterocycles. The lowest BCUT2D eigenvalue weighted by molar-refractivity contribution is 0.637. The van der Waals surface area contributed by atoms with Gasteiger partial charge >= 0.3 is 0 Å². The van der Waals surface area contributed by atoms with Crippen LogP contribution in [0.4, 0.5) is 5.69 Å². The topological polar surface area (TPSA) is 41.9 Å². The van der Waals surface area contributed by atoms with E-state index in [1.807, 2.05) is 17.1 Å². The van der Waals surface area contributed by atoms with E-state index in [-0.39, 0.29) is 0 Å². The lowest BCUT2D eigenvalue weighted by Gasteiger charge is -2.18. The molecule has 0 saturated carbocycles. The summed E-state index contributed by atoms with van der Waals surface area (Å²) < 4.78 is 2.03. The van der Waals surface area contributed by atoms with Gasteiger partial charge in [-0.2, -0.15) is 0 Å². The number of nitrogens with one attached hydrogen (secondary N) is 2. The number of anilines is 1. The highest BCUT2D eigenvalue weighted by molar-refractivity contribution is 5.51. The highest BCUT2D eigenvalue weighted by Crippen LogP contribution is 2.18. The first-order chi connectivity index (χ1) is 9.42. The summed E-state index contributed by atoms with van der Waals surface area (Å²) in [5, 5.41) is 7.09. The van der Waals surface area contributed by atoms with Crippen molar-refractivity contribution in [1.82, 2.24) is 14.9 Å². The number of aromatic nitrogens is 2. The second kappa shape index (κ2) is 5.89. The Hall–Kier alpha value is -1.81. The molecule has 1 unspecified atom stereocenters. The molecular formula is C15H20N4. The molecule has 2 aromatic rings. The van der Waals surface area contributed by atoms with Crippen molar-refractivity contribution < 1.29 is 0 Å². The molecule has 1 fully saturated rings. The predicted molar refractivity (Wildman–Crippen MR) is 77.7 cm³/mol. The van der Waals surface area contributed by atoms with Crippen LogP contribution in [0.25, 0.3) is 5.69 Å². The zero-order valence-electron chi connectivity index (χ0n) is 11.0. The largest absolute Gasteiger partial charge is 0.382 e. The molecule has 4 nitrogen and oxygen atoms in total. The minimum absolute atomic E-state index is 0.577. The Morgan fingerprint density at radius 2 is 2.26 bits per heavy atom. The van der Waals surface area contributed by atoms with Gasteiger partial charge in [0, 0.05) is 29.8 Å². The fourth-order valence-electron chi connectivity index (χ4n) is 2.57. The van der Waals surface area contributed by atoms with Crippen LogP contribution in [0.15, 0.2) is 43.0 Å². The highest BCUT2D eigenvalue weighted by atomic mass is 15.0. The summed E-state index contributed by atoms with van der Waals surface area (Å²) in [6, 6.07) is 9.08. The quantitative estimate of drug-likeness (QED) is 0.886. The van der Waals surface area contributed by atoms with E-state index in [1.54, 1.807) is 6.20 Å². The minimum atomic E-state index is 0.577. The molecule has 1 aromatic carbocycles. The van der Waals surface area contributed by atoms with Gasteiger partial charge in [-0.05, 0) is 50.6 Å². The van der Waals surface area contributed by atoms with Gasteiger partial charge in [-0.1, -0.05) is 6.07 Å². The van der Waals surface area contributed by atoms with Crippen LogP contribution in [0.5, 0.6) is 0 Å². The van der Waals surface area contributed by atoms with Crippen LogP contribution in [0, 0.1) is 0 Å². The van der Waals surface area contributed by atoms with Gasteiger partial charge in [-0.15, -0.1) is 0 Å². The molecule has 100 valence electrons. The maximum Gasteiger partial charge on any atom is 0.0991 e. The van der Waals surface area contributed by atoms with Crippen molar-refractivity contribution in [1.29, 1.82) is 0 Å². The summed E-state index contributed by atoms with van der Waals surface area (Å²) in [5.74, 6) is 0. The summed E-state index contributed by atoms with van der Waals surface area (Å²) in [4.78, 5) is 4.09. The Labute approximate surface area is 113 Å². The molecule has 2 N–H and O–H groups in total. The van der Waals surface area contributed by atoms with E-state index in [1.165, 1.54) is 24.9 Å². The van der Waals surface area contributed by atoms with Gasteiger partial charge in [0.25, 0.3) is 0 Å². The smallest absolute Gasteiger partial charge is 0.0991 e. The molecule has 0 aliphatic carbocycles. The third kappa shape index (κ3) is 3.15. The third-order valence-electron chi connectivity index (χ3n) is 3.60. The third-order valence-corrected chi connectivity index (χ3v) is 3.60. The van der Waals surface area contributed by atoms with Crippen LogP contribution < -0.4 is 10.6 Å². The Morgan fingerprint density at radius 1 is 1.26 bits per heavy atom. The highest BCUT2D eigenvalue weighted by Gasteiger charge is 2.11. The van der Waals surface area contributed by atoms with Crippen molar-refractivity contribution in [3.8, 4) is 5.69 Å². The first-order valence-corrected chi connectivity index (χ1v) is 6.97. The monoisotopic (exact) mass is 256 g/mol. The Balaban J connectivity index is 1.72. The molecular weight excluding hydrogens is 236 g/mol. The summed E-state index contributed by atoms with van der Waals surface area (Å²) >= 11 is 0. The number of imidazole rings is 1. The zero-order valence-corrected chi connectivity index (χ0v) is 11.0. The average molecular weight is 256 g/mol. The number of benzene rings is 1. The average Bonchev–Trinajstić information content (AvgIpc) is 2.86. The van der Waals surface area contributed by atoms with Crippen LogP contribution >= 0.6 is 0 Å². The summed E-state index contributed by atoms with van der Waals surface area (Å²) in [6.07, 6.45) is 9.27. The zero-order chi connectivity index (χ0) is 12.9. The number of hydrogen-bond donors (Lipinski definition) is 2. The fourth-order valence-corrected chi connectivity index (χ4v) is 2.57. The molecule has 3 rings (SSSR count). The van der Waals surface area contributed by atoms with E-state index in [9.17, 15) is 0 Å². The van der Waals surface area contributed by atoms with Gasteiger partial charge < -0.3 is 15.2 Å². The lowest BCUT2D eigenvalue weighted by Crippen LogP contribution is -2.21. The molecule has 1 aliphatic rings. The van der Waals surface area contributed by atoms with E-state index in [0.29, 0.717) is 6.04 Å². The maximum absolute atomic E-state index is 4.09. The summed E-state index contributed by atoms with van der Waals surface area (Å²) in [5.41, 5.74) is 2.34. The molecule has 4 heteroatoms. The van der Waals surface area contributed by atoms with Gasteiger partial charge in [0.15, 0.2) is 0 Å². The molecule has 0 spiro atoms. The van der Waals surface area contributed by atoms with E-state index >= 15 is 0 Å². The summed E-state index contributed by atoms with van der Waals surface area (Å²) in [7, 11) is 0. The van der Waals surface area contributed by atoms with Crippen molar-refractivity contribution >= 4 is 5.69 Å². The van der Waals surface area contributed by atoms with Crippen molar-refractivity contribution in [2.45, 2.75) is 25.3 Å². The number of nitrogens with zero attached hydrogens (tertiary/aromatic N) is 2. The van der Waals surface area contributed by atoms with Gasteiger partial charge in [0.05, 0.1) is 6.33 Å². The number of hydrogen-bond acceptors (Lipinski definition) is 3. The molecule has 0 amide bonds. The predicted octanol–water partition coefficient (Wildman–Crippen LogP) is 2.43. The molecule has 19 heavy (non-hydrogen) atoms. The second-order valence-corrected chi connectivity index (χ2v) is 5.04. The Bertz CT molecular complexity index is 499. The SMILES string of the molecule is c1cc(NC2CCCNCC2)cc(-n2ccnc2)c1. The maximum atomic E-state index is 4.09. The molecule has 0 radical (unpaired) electrons. The van der Waals surface area contributed by atoms with Gasteiger partial charge in [-0.25, -0.2) is 4.98 Å². The van der Waals surface area contributed by atoms with Crippen molar-refractivity contribution in [2.24, 2.45) is 0 Å². The molecule has 0 bridgehead atoms. The number of rotatable bonds is 3. The summed E-state index contributed by atoms with van der Waals surface area (Å²) in [6.45, 7) is 2.26. The first-order valence-electron chi connectivity index (χ1n) is 6.97. The molecule has 2 heterocycles. The van der Waals surface area contributed by atoms with Crippen LogP contribution in [0.2, 0.25) is 0 Å². The van der Waals surface area contributed by atoms with Crippen molar-refractivity contribution in [2.75, 3.05) is 18.4 Å². The van der Waals surface area contributed by atoms with Gasteiger partial charge in [0.2, 0.25) is 0 Å². The fraction of sp³-hybridized carbons (Fsp3) is 0.400. The minimum Gasteiger partial charge on any atom is -0.382 e. The van der Waals surface area contributed by atoms with E-state index in [2.05, 4.69) is 39.9 Å². The van der Waals surface area contributed by atoms with Crippen LogP contribution in [-0.4, -0.2) is 28.7 Å². The lowest BCUT2D eigenvalue weighted by atomic mass is 10.1. The first kappa shape index (κ1) is 12.2.